The second-order valence-corrected chi connectivity index (χ2v) is 9.96. The molecule has 1 atom stereocenters. The molecular formula is C26H30N6O3S. The van der Waals surface area contributed by atoms with Crippen LogP contribution in [-0.2, 0) is 0 Å². The lowest BCUT2D eigenvalue weighted by Crippen LogP contribution is -2.31. The summed E-state index contributed by atoms with van der Waals surface area (Å²) in [6.45, 7) is 10.4. The highest BCUT2D eigenvalue weighted by atomic mass is 32.1. The zero-order valence-electron chi connectivity index (χ0n) is 20.5. The highest BCUT2D eigenvalue weighted by molar-refractivity contribution is 7.22. The van der Waals surface area contributed by atoms with Crippen molar-refractivity contribution in [3.8, 4) is 11.4 Å². The summed E-state index contributed by atoms with van der Waals surface area (Å²) in [5.74, 6) is 0.900. The van der Waals surface area contributed by atoms with Gasteiger partial charge in [-0.15, -0.1) is 0 Å². The summed E-state index contributed by atoms with van der Waals surface area (Å²) in [5, 5.41) is 28.6. The molecule has 2 amide bonds. The third-order valence-corrected chi connectivity index (χ3v) is 6.69. The predicted octanol–water partition coefficient (Wildman–Crippen LogP) is 4.20. The molecule has 10 heteroatoms. The zero-order chi connectivity index (χ0) is 25.9. The Morgan fingerprint density at radius 1 is 1.28 bits per heavy atom. The van der Waals surface area contributed by atoms with Crippen LogP contribution in [0.15, 0.2) is 54.8 Å². The molecule has 0 saturated carbocycles. The van der Waals surface area contributed by atoms with Gasteiger partial charge >= 0.3 is 6.03 Å². The molecule has 5 N–H and O–H groups in total. The molecule has 2 aromatic heterocycles. The number of carbonyl (C=O) groups excluding carboxylic acids is 1. The summed E-state index contributed by atoms with van der Waals surface area (Å²) in [4.78, 5) is 25.9. The van der Waals surface area contributed by atoms with Gasteiger partial charge in [-0.25, -0.2) is 19.7 Å². The average Bonchev–Trinajstić information content (AvgIpc) is 3.23. The Morgan fingerprint density at radius 2 is 2.08 bits per heavy atom. The number of hydrogen-bond acceptors (Lipinski definition) is 8. The van der Waals surface area contributed by atoms with Crippen molar-refractivity contribution < 1.29 is 15.0 Å². The molecule has 0 bridgehead atoms. The monoisotopic (exact) mass is 506 g/mol. The second kappa shape index (κ2) is 10.6. The number of thiazole rings is 1. The minimum absolute atomic E-state index is 0.0151. The molecule has 0 fully saturated rings. The maximum atomic E-state index is 12.1. The number of anilines is 2. The molecule has 0 radical (unpaired) electrons. The van der Waals surface area contributed by atoms with Crippen LogP contribution >= 0.6 is 11.3 Å². The SMILES string of the molecule is C=C1C=C(c2cc(-c3nccc(NCCO)n3)c3sc(NC(=O)NCC)nc3c2)C=CC1C(C)(C)O. The van der Waals surface area contributed by atoms with E-state index in [-0.39, 0.29) is 18.6 Å². The van der Waals surface area contributed by atoms with Gasteiger partial charge in [0.05, 0.1) is 22.4 Å². The van der Waals surface area contributed by atoms with Crippen molar-refractivity contribution in [2.75, 3.05) is 30.3 Å². The number of amides is 2. The van der Waals surface area contributed by atoms with Crippen molar-refractivity contribution in [3.63, 3.8) is 0 Å². The number of benzene rings is 1. The van der Waals surface area contributed by atoms with Gasteiger partial charge < -0.3 is 20.8 Å². The minimum Gasteiger partial charge on any atom is -0.395 e. The van der Waals surface area contributed by atoms with E-state index in [1.807, 2.05) is 37.3 Å². The number of hydrogen-bond donors (Lipinski definition) is 5. The normalized spacial score (nSPS) is 15.6. The number of nitrogens with one attached hydrogen (secondary N) is 3. The van der Waals surface area contributed by atoms with Crippen molar-refractivity contribution in [2.24, 2.45) is 5.92 Å². The molecule has 1 unspecified atom stereocenters. The van der Waals surface area contributed by atoms with E-state index < -0.39 is 5.60 Å². The third-order valence-electron chi connectivity index (χ3n) is 5.67. The molecular weight excluding hydrogens is 476 g/mol. The molecule has 188 valence electrons. The van der Waals surface area contributed by atoms with Crippen molar-refractivity contribution in [1.29, 1.82) is 0 Å². The number of urea groups is 1. The molecule has 2 heterocycles. The van der Waals surface area contributed by atoms with Crippen molar-refractivity contribution in [3.05, 3.63) is 60.3 Å². The predicted molar refractivity (Wildman–Crippen MR) is 145 cm³/mol. The van der Waals surface area contributed by atoms with Gasteiger partial charge in [-0.2, -0.15) is 0 Å². The first-order valence-corrected chi connectivity index (χ1v) is 12.5. The standard InChI is InChI=1S/C26H30N6O3S/c1-5-27-24(34)32-25-30-20-14-17(16-6-7-19(15(2)12-16)26(3,4)35)13-18(22(20)36-25)23-29-9-8-21(31-23)28-10-11-33/h6-9,12-14,19,33,35H,2,5,10-11H2,1,3-4H3,(H,28,29,31)(H2,27,30,32,34). The fourth-order valence-corrected chi connectivity index (χ4v) is 4.97. The highest BCUT2D eigenvalue weighted by Gasteiger charge is 2.28. The van der Waals surface area contributed by atoms with E-state index in [1.54, 1.807) is 26.1 Å². The number of aliphatic hydroxyl groups excluding tert-OH is 1. The summed E-state index contributed by atoms with van der Waals surface area (Å²) in [6.07, 6.45) is 7.56. The molecule has 0 spiro atoms. The number of aliphatic hydroxyl groups is 2. The topological polar surface area (TPSA) is 132 Å². The van der Waals surface area contributed by atoms with E-state index >= 15 is 0 Å². The fraction of sp³-hybridized carbons (Fsp3) is 0.308. The summed E-state index contributed by atoms with van der Waals surface area (Å²) in [5.41, 5.74) is 3.16. The van der Waals surface area contributed by atoms with E-state index in [0.717, 1.165) is 27.0 Å². The summed E-state index contributed by atoms with van der Waals surface area (Å²) < 4.78 is 0.832. The molecule has 1 aromatic carbocycles. The summed E-state index contributed by atoms with van der Waals surface area (Å²) >= 11 is 1.34. The van der Waals surface area contributed by atoms with Crippen LogP contribution in [0.25, 0.3) is 27.2 Å². The molecule has 1 aliphatic rings. The molecule has 0 aliphatic heterocycles. The quantitative estimate of drug-likeness (QED) is 0.309. The first-order valence-electron chi connectivity index (χ1n) is 11.7. The van der Waals surface area contributed by atoms with Gasteiger partial charge in [0.15, 0.2) is 11.0 Å². The molecule has 0 saturated heterocycles. The van der Waals surface area contributed by atoms with Crippen LogP contribution in [-0.4, -0.2) is 56.5 Å². The van der Waals surface area contributed by atoms with E-state index in [1.165, 1.54) is 11.3 Å². The average molecular weight is 507 g/mol. The lowest BCUT2D eigenvalue weighted by Gasteiger charge is -2.30. The molecule has 4 rings (SSSR count). The first-order chi connectivity index (χ1) is 17.2. The second-order valence-electron chi connectivity index (χ2n) is 8.96. The Hall–Kier alpha value is -3.60. The largest absolute Gasteiger partial charge is 0.395 e. The Morgan fingerprint density at radius 3 is 2.78 bits per heavy atom. The van der Waals surface area contributed by atoms with Gasteiger partial charge in [0, 0.05) is 30.8 Å². The van der Waals surface area contributed by atoms with Crippen LogP contribution < -0.4 is 16.0 Å². The Kier molecular flexibility index (Phi) is 7.48. The molecule has 3 aromatic rings. The van der Waals surface area contributed by atoms with Crippen LogP contribution in [0.5, 0.6) is 0 Å². The Bertz CT molecular complexity index is 1360. The fourth-order valence-electron chi connectivity index (χ4n) is 4.02. The maximum Gasteiger partial charge on any atom is 0.321 e. The summed E-state index contributed by atoms with van der Waals surface area (Å²) in [6, 6.07) is 5.37. The van der Waals surface area contributed by atoms with Crippen molar-refractivity contribution in [2.45, 2.75) is 26.4 Å². The third kappa shape index (κ3) is 5.62. The zero-order valence-corrected chi connectivity index (χ0v) is 21.3. The van der Waals surface area contributed by atoms with E-state index in [2.05, 4.69) is 37.5 Å². The van der Waals surface area contributed by atoms with Crippen LogP contribution in [0.2, 0.25) is 0 Å². The smallest absolute Gasteiger partial charge is 0.321 e. The Labute approximate surface area is 213 Å². The van der Waals surface area contributed by atoms with E-state index in [0.29, 0.717) is 35.4 Å². The molecule has 36 heavy (non-hydrogen) atoms. The van der Waals surface area contributed by atoms with E-state index in [4.69, 9.17) is 5.11 Å². The lowest BCUT2D eigenvalue weighted by molar-refractivity contribution is 0.0516. The number of allylic oxidation sites excluding steroid dienone is 3. The minimum atomic E-state index is -0.922. The van der Waals surface area contributed by atoms with Crippen LogP contribution in [0.1, 0.15) is 26.3 Å². The van der Waals surface area contributed by atoms with E-state index in [9.17, 15) is 9.90 Å². The van der Waals surface area contributed by atoms with Gasteiger partial charge in [0.2, 0.25) is 0 Å². The first kappa shape index (κ1) is 25.5. The van der Waals surface area contributed by atoms with Gasteiger partial charge in [-0.3, -0.25) is 5.32 Å². The van der Waals surface area contributed by atoms with Gasteiger partial charge in [-0.05, 0) is 55.7 Å². The Balaban J connectivity index is 1.81. The molecule has 1 aliphatic carbocycles. The van der Waals surface area contributed by atoms with Gasteiger partial charge in [0.25, 0.3) is 0 Å². The van der Waals surface area contributed by atoms with Gasteiger partial charge in [-0.1, -0.05) is 36.1 Å². The van der Waals surface area contributed by atoms with Gasteiger partial charge in [0.1, 0.15) is 5.82 Å². The highest BCUT2D eigenvalue weighted by Crippen LogP contribution is 2.39. The summed E-state index contributed by atoms with van der Waals surface area (Å²) in [7, 11) is 0. The number of nitrogens with zero attached hydrogens (tertiary/aromatic N) is 3. The van der Waals surface area contributed by atoms with Crippen LogP contribution in [0.4, 0.5) is 15.7 Å². The lowest BCUT2D eigenvalue weighted by atomic mass is 9.80. The van der Waals surface area contributed by atoms with Crippen molar-refractivity contribution in [1.82, 2.24) is 20.3 Å². The molecule has 9 nitrogen and oxygen atoms in total. The van der Waals surface area contributed by atoms with Crippen molar-refractivity contribution >= 4 is 44.1 Å². The van der Waals surface area contributed by atoms with Crippen LogP contribution in [0, 0.1) is 5.92 Å². The number of rotatable bonds is 8. The maximum absolute atomic E-state index is 12.1. The number of aromatic nitrogens is 3. The van der Waals surface area contributed by atoms with Crippen LogP contribution in [0.3, 0.4) is 0 Å². The number of fused-ring (bicyclic) bond motifs is 1. The number of carbonyl (C=O) groups is 1.